The average molecular weight is 296 g/mol. The van der Waals surface area contributed by atoms with Crippen molar-refractivity contribution >= 4 is 21.8 Å². The molecule has 0 amide bonds. The van der Waals surface area contributed by atoms with Crippen LogP contribution in [-0.2, 0) is 6.54 Å². The number of rotatable bonds is 7. The number of hydrogen-bond acceptors (Lipinski definition) is 2. The van der Waals surface area contributed by atoms with Gasteiger partial charge in [-0.3, -0.25) is 0 Å². The SMILES string of the molecule is CCCCNCC(O)Cn1c2ccccc2c2ccccc21. The van der Waals surface area contributed by atoms with E-state index in [-0.39, 0.29) is 6.10 Å². The van der Waals surface area contributed by atoms with Crippen molar-refractivity contribution in [2.45, 2.75) is 32.4 Å². The molecule has 3 heteroatoms. The van der Waals surface area contributed by atoms with E-state index < -0.39 is 0 Å². The van der Waals surface area contributed by atoms with Gasteiger partial charge in [0.1, 0.15) is 0 Å². The molecule has 3 aromatic rings. The first kappa shape index (κ1) is 15.1. The Kier molecular flexibility index (Phi) is 4.76. The van der Waals surface area contributed by atoms with E-state index >= 15 is 0 Å². The van der Waals surface area contributed by atoms with Crippen molar-refractivity contribution in [1.29, 1.82) is 0 Å². The molecule has 0 spiro atoms. The van der Waals surface area contributed by atoms with Crippen molar-refractivity contribution in [2.24, 2.45) is 0 Å². The average Bonchev–Trinajstić information content (AvgIpc) is 2.87. The highest BCUT2D eigenvalue weighted by atomic mass is 16.3. The molecular weight excluding hydrogens is 272 g/mol. The fraction of sp³-hybridized carbons (Fsp3) is 0.368. The first-order valence-electron chi connectivity index (χ1n) is 8.16. The number of aliphatic hydroxyl groups is 1. The molecule has 0 saturated heterocycles. The maximum Gasteiger partial charge on any atom is 0.0843 e. The maximum absolute atomic E-state index is 10.4. The highest BCUT2D eigenvalue weighted by Crippen LogP contribution is 2.28. The van der Waals surface area contributed by atoms with E-state index in [0.717, 1.165) is 13.0 Å². The summed E-state index contributed by atoms with van der Waals surface area (Å²) in [5, 5.41) is 16.2. The molecule has 1 heterocycles. The molecule has 1 atom stereocenters. The van der Waals surface area contributed by atoms with Crippen LogP contribution in [0.3, 0.4) is 0 Å². The number of unbranched alkanes of at least 4 members (excludes halogenated alkanes) is 1. The number of nitrogens with one attached hydrogen (secondary N) is 1. The zero-order valence-electron chi connectivity index (χ0n) is 13.1. The lowest BCUT2D eigenvalue weighted by Gasteiger charge is -2.14. The van der Waals surface area contributed by atoms with Gasteiger partial charge in [-0.05, 0) is 25.1 Å². The van der Waals surface area contributed by atoms with Crippen LogP contribution < -0.4 is 5.32 Å². The summed E-state index contributed by atoms with van der Waals surface area (Å²) in [4.78, 5) is 0. The minimum Gasteiger partial charge on any atom is -0.390 e. The van der Waals surface area contributed by atoms with Crippen LogP contribution in [-0.4, -0.2) is 28.9 Å². The molecule has 0 aliphatic rings. The third kappa shape index (κ3) is 3.01. The van der Waals surface area contributed by atoms with Gasteiger partial charge in [-0.15, -0.1) is 0 Å². The summed E-state index contributed by atoms with van der Waals surface area (Å²) in [6, 6.07) is 16.8. The smallest absolute Gasteiger partial charge is 0.0843 e. The van der Waals surface area contributed by atoms with Gasteiger partial charge in [0.2, 0.25) is 0 Å². The number of benzene rings is 2. The Morgan fingerprint density at radius 3 is 2.18 bits per heavy atom. The first-order chi connectivity index (χ1) is 10.8. The predicted octanol–water partition coefficient (Wildman–Crippen LogP) is 3.55. The van der Waals surface area contributed by atoms with Crippen LogP contribution in [0.5, 0.6) is 0 Å². The van der Waals surface area contributed by atoms with Gasteiger partial charge >= 0.3 is 0 Å². The van der Waals surface area contributed by atoms with Crippen molar-refractivity contribution in [1.82, 2.24) is 9.88 Å². The van der Waals surface area contributed by atoms with Crippen LogP contribution in [0, 0.1) is 0 Å². The van der Waals surface area contributed by atoms with Gasteiger partial charge in [0.15, 0.2) is 0 Å². The second-order valence-electron chi connectivity index (χ2n) is 5.86. The van der Waals surface area contributed by atoms with Gasteiger partial charge in [0.25, 0.3) is 0 Å². The molecule has 0 fully saturated rings. The number of hydrogen-bond donors (Lipinski definition) is 2. The number of nitrogens with zero attached hydrogens (tertiary/aromatic N) is 1. The van der Waals surface area contributed by atoms with E-state index in [1.54, 1.807) is 0 Å². The van der Waals surface area contributed by atoms with E-state index in [0.29, 0.717) is 13.1 Å². The number of aliphatic hydroxyl groups excluding tert-OH is 1. The topological polar surface area (TPSA) is 37.2 Å². The lowest BCUT2D eigenvalue weighted by molar-refractivity contribution is 0.154. The first-order valence-corrected chi connectivity index (χ1v) is 8.16. The summed E-state index contributed by atoms with van der Waals surface area (Å²) in [5.74, 6) is 0. The highest BCUT2D eigenvalue weighted by molar-refractivity contribution is 6.07. The molecule has 0 aliphatic carbocycles. The molecule has 22 heavy (non-hydrogen) atoms. The van der Waals surface area contributed by atoms with E-state index in [9.17, 15) is 5.11 Å². The second-order valence-corrected chi connectivity index (χ2v) is 5.86. The zero-order chi connectivity index (χ0) is 15.4. The summed E-state index contributed by atoms with van der Waals surface area (Å²) in [5.41, 5.74) is 2.38. The molecule has 116 valence electrons. The van der Waals surface area contributed by atoms with Gasteiger partial charge in [0.05, 0.1) is 12.6 Å². The molecule has 0 radical (unpaired) electrons. The Balaban J connectivity index is 1.85. The minimum atomic E-state index is -0.379. The summed E-state index contributed by atoms with van der Waals surface area (Å²) in [6.45, 7) is 4.41. The van der Waals surface area contributed by atoms with Crippen LogP contribution in [0.15, 0.2) is 48.5 Å². The molecule has 0 bridgehead atoms. The fourth-order valence-electron chi connectivity index (χ4n) is 3.05. The van der Waals surface area contributed by atoms with Crippen LogP contribution in [0.2, 0.25) is 0 Å². The molecule has 2 N–H and O–H groups in total. The summed E-state index contributed by atoms with van der Waals surface area (Å²) < 4.78 is 2.23. The van der Waals surface area contributed by atoms with E-state index in [1.165, 1.54) is 28.2 Å². The fourth-order valence-corrected chi connectivity index (χ4v) is 3.05. The normalized spacial score (nSPS) is 13.0. The van der Waals surface area contributed by atoms with Crippen LogP contribution in [0.4, 0.5) is 0 Å². The molecule has 2 aromatic carbocycles. The molecule has 3 nitrogen and oxygen atoms in total. The molecule has 1 unspecified atom stereocenters. The summed E-state index contributed by atoms with van der Waals surface area (Å²) >= 11 is 0. The molecule has 3 rings (SSSR count). The number of para-hydroxylation sites is 2. The Morgan fingerprint density at radius 2 is 1.59 bits per heavy atom. The molecule has 0 aliphatic heterocycles. The van der Waals surface area contributed by atoms with Crippen molar-refractivity contribution in [3.05, 3.63) is 48.5 Å². The van der Waals surface area contributed by atoms with E-state index in [4.69, 9.17) is 0 Å². The predicted molar refractivity (Wildman–Crippen MR) is 93.2 cm³/mol. The van der Waals surface area contributed by atoms with Crippen LogP contribution >= 0.6 is 0 Å². The van der Waals surface area contributed by atoms with Crippen molar-refractivity contribution in [3.8, 4) is 0 Å². The second kappa shape index (κ2) is 6.95. The Bertz CT molecular complexity index is 694. The summed E-state index contributed by atoms with van der Waals surface area (Å²) in [7, 11) is 0. The Morgan fingerprint density at radius 1 is 1.00 bits per heavy atom. The van der Waals surface area contributed by atoms with E-state index in [1.807, 2.05) is 0 Å². The Hall–Kier alpha value is -1.84. The molecule has 0 saturated carbocycles. The third-order valence-corrected chi connectivity index (χ3v) is 4.16. The van der Waals surface area contributed by atoms with E-state index in [2.05, 4.69) is 65.3 Å². The van der Waals surface area contributed by atoms with Gasteiger partial charge < -0.3 is 15.0 Å². The lowest BCUT2D eigenvalue weighted by atomic mass is 10.2. The van der Waals surface area contributed by atoms with Gasteiger partial charge in [-0.2, -0.15) is 0 Å². The Labute approximate surface area is 131 Å². The number of fused-ring (bicyclic) bond motifs is 3. The molecular formula is C19H24N2O. The van der Waals surface area contributed by atoms with Gasteiger partial charge in [-0.25, -0.2) is 0 Å². The van der Waals surface area contributed by atoms with Gasteiger partial charge in [-0.1, -0.05) is 49.7 Å². The number of aromatic nitrogens is 1. The van der Waals surface area contributed by atoms with Crippen LogP contribution in [0.1, 0.15) is 19.8 Å². The highest BCUT2D eigenvalue weighted by Gasteiger charge is 2.12. The minimum absolute atomic E-state index is 0.379. The van der Waals surface area contributed by atoms with Crippen molar-refractivity contribution < 1.29 is 5.11 Å². The van der Waals surface area contributed by atoms with Gasteiger partial charge in [0, 0.05) is 28.4 Å². The van der Waals surface area contributed by atoms with Crippen molar-refractivity contribution in [3.63, 3.8) is 0 Å². The third-order valence-electron chi connectivity index (χ3n) is 4.16. The quantitative estimate of drug-likeness (QED) is 0.654. The lowest BCUT2D eigenvalue weighted by Crippen LogP contribution is -2.30. The monoisotopic (exact) mass is 296 g/mol. The summed E-state index contributed by atoms with van der Waals surface area (Å²) in [6.07, 6.45) is 1.95. The standard InChI is InChI=1S/C19H24N2O/c1-2-3-12-20-13-15(22)14-21-18-10-6-4-8-16(18)17-9-5-7-11-19(17)21/h4-11,15,20,22H,2-3,12-14H2,1H3. The largest absolute Gasteiger partial charge is 0.390 e. The zero-order valence-corrected chi connectivity index (χ0v) is 13.1. The van der Waals surface area contributed by atoms with Crippen LogP contribution in [0.25, 0.3) is 21.8 Å². The molecule has 1 aromatic heterocycles. The van der Waals surface area contributed by atoms with Crippen molar-refractivity contribution in [2.75, 3.05) is 13.1 Å². The maximum atomic E-state index is 10.4.